The van der Waals surface area contributed by atoms with Crippen LogP contribution < -0.4 is 4.74 Å². The number of nitrogens with zero attached hydrogens (tertiary/aromatic N) is 3. The minimum atomic E-state index is -4.71. The van der Waals surface area contributed by atoms with E-state index in [9.17, 15) is 18.0 Å². The maximum Gasteiger partial charge on any atom is 0.406 e. The lowest BCUT2D eigenvalue weighted by Gasteiger charge is -2.32. The molecular formula is C15H14F3N3O2. The summed E-state index contributed by atoms with van der Waals surface area (Å²) < 4.78 is 45.1. The number of halogens is 3. The quantitative estimate of drug-likeness (QED) is 0.835. The molecule has 8 heteroatoms. The van der Waals surface area contributed by atoms with Crippen molar-refractivity contribution in [3.63, 3.8) is 0 Å². The van der Waals surface area contributed by atoms with Crippen LogP contribution in [0.15, 0.2) is 40.3 Å². The lowest BCUT2D eigenvalue weighted by molar-refractivity contribution is -0.177. The van der Waals surface area contributed by atoms with Crippen molar-refractivity contribution < 1.29 is 22.7 Å². The lowest BCUT2D eigenvalue weighted by Crippen LogP contribution is -2.39. The molecule has 1 aromatic carbocycles. The number of ether oxygens (including phenoxy) is 1. The Labute approximate surface area is 130 Å². The van der Waals surface area contributed by atoms with Crippen LogP contribution in [0.5, 0.6) is 5.75 Å². The van der Waals surface area contributed by atoms with Gasteiger partial charge >= 0.3 is 6.18 Å². The summed E-state index contributed by atoms with van der Waals surface area (Å²) >= 11 is 0. The highest BCUT2D eigenvalue weighted by molar-refractivity contribution is 5.83. The summed E-state index contributed by atoms with van der Waals surface area (Å²) in [5.74, 6) is -2.95. The van der Waals surface area contributed by atoms with Gasteiger partial charge in [-0.25, -0.2) is 0 Å². The van der Waals surface area contributed by atoms with Gasteiger partial charge in [-0.05, 0) is 18.6 Å². The number of benzene rings is 1. The molecule has 5 nitrogen and oxygen atoms in total. The first-order valence-electron chi connectivity index (χ1n) is 6.98. The highest BCUT2D eigenvalue weighted by Crippen LogP contribution is 2.45. The Morgan fingerprint density at radius 1 is 1.35 bits per heavy atom. The van der Waals surface area contributed by atoms with Crippen molar-refractivity contribution in [1.29, 1.82) is 0 Å². The molecule has 0 spiro atoms. The van der Waals surface area contributed by atoms with E-state index in [2.05, 4.69) is 10.2 Å². The molecule has 0 saturated carbocycles. The minimum Gasteiger partial charge on any atom is -0.496 e. The maximum atomic E-state index is 13.3. The Balaban J connectivity index is 2.01. The van der Waals surface area contributed by atoms with Gasteiger partial charge in [0, 0.05) is 12.1 Å². The first kappa shape index (κ1) is 15.5. The second-order valence-corrected chi connectivity index (χ2v) is 5.41. The monoisotopic (exact) mass is 325 g/mol. The molecule has 1 aromatic rings. The SMILES string of the molecule is COc1cccc2c1CN(C1=CN=NC(=O)C1C(F)(F)F)C2C. The van der Waals surface area contributed by atoms with E-state index in [1.54, 1.807) is 19.1 Å². The van der Waals surface area contributed by atoms with Gasteiger partial charge in [-0.1, -0.05) is 12.1 Å². The van der Waals surface area contributed by atoms with Crippen molar-refractivity contribution in [2.24, 2.45) is 16.1 Å². The van der Waals surface area contributed by atoms with Crippen LogP contribution in [0, 0.1) is 5.92 Å². The van der Waals surface area contributed by atoms with Crippen LogP contribution in [-0.4, -0.2) is 24.1 Å². The van der Waals surface area contributed by atoms with Crippen molar-refractivity contribution in [2.75, 3.05) is 7.11 Å². The highest BCUT2D eigenvalue weighted by Gasteiger charge is 2.51. The number of fused-ring (bicyclic) bond motifs is 1. The third-order valence-corrected chi connectivity index (χ3v) is 4.18. The van der Waals surface area contributed by atoms with Gasteiger partial charge < -0.3 is 9.64 Å². The first-order valence-corrected chi connectivity index (χ1v) is 6.98. The van der Waals surface area contributed by atoms with E-state index in [1.807, 2.05) is 6.07 Å². The molecule has 2 aliphatic heterocycles. The molecule has 1 amide bonds. The topological polar surface area (TPSA) is 54.3 Å². The van der Waals surface area contributed by atoms with Gasteiger partial charge in [0.15, 0.2) is 5.92 Å². The van der Waals surface area contributed by atoms with Crippen molar-refractivity contribution in [3.8, 4) is 5.75 Å². The van der Waals surface area contributed by atoms with Crippen LogP contribution in [0.25, 0.3) is 0 Å². The number of carbonyl (C=O) groups is 1. The van der Waals surface area contributed by atoms with Crippen molar-refractivity contribution in [1.82, 2.24) is 4.90 Å². The van der Waals surface area contributed by atoms with Crippen LogP contribution in [0.4, 0.5) is 13.2 Å². The molecule has 0 bridgehead atoms. The van der Waals surface area contributed by atoms with Gasteiger partial charge in [-0.15, -0.1) is 5.11 Å². The summed E-state index contributed by atoms with van der Waals surface area (Å²) in [4.78, 5) is 13.2. The highest BCUT2D eigenvalue weighted by atomic mass is 19.4. The largest absolute Gasteiger partial charge is 0.496 e. The molecule has 122 valence electrons. The Bertz CT molecular complexity index is 712. The molecule has 2 aliphatic rings. The van der Waals surface area contributed by atoms with Crippen LogP contribution >= 0.6 is 0 Å². The number of methoxy groups -OCH3 is 1. The lowest BCUT2D eigenvalue weighted by atomic mass is 10.0. The Morgan fingerprint density at radius 3 is 2.74 bits per heavy atom. The van der Waals surface area contributed by atoms with Crippen LogP contribution in [0.3, 0.4) is 0 Å². The van der Waals surface area contributed by atoms with Crippen molar-refractivity contribution in [2.45, 2.75) is 25.7 Å². The standard InChI is InChI=1S/C15H14F3N3O2/c1-8-9-4-3-5-12(23-2)10(9)7-21(8)11-6-19-20-14(22)13(11)15(16,17)18/h3-6,8,13H,7H2,1-2H3. The molecule has 0 N–H and O–H groups in total. The molecular weight excluding hydrogens is 311 g/mol. The number of hydrogen-bond donors (Lipinski definition) is 0. The summed E-state index contributed by atoms with van der Waals surface area (Å²) in [5, 5.41) is 6.47. The predicted molar refractivity (Wildman–Crippen MR) is 74.4 cm³/mol. The van der Waals surface area contributed by atoms with E-state index < -0.39 is 18.0 Å². The first-order chi connectivity index (χ1) is 10.8. The third kappa shape index (κ3) is 2.47. The number of rotatable bonds is 2. The van der Waals surface area contributed by atoms with Gasteiger partial charge in [0.25, 0.3) is 5.91 Å². The molecule has 0 saturated heterocycles. The molecule has 2 unspecified atom stereocenters. The van der Waals surface area contributed by atoms with E-state index in [0.717, 1.165) is 17.3 Å². The molecule has 0 aromatic heterocycles. The fourth-order valence-electron chi connectivity index (χ4n) is 3.08. The Hall–Kier alpha value is -2.38. The molecule has 0 aliphatic carbocycles. The van der Waals surface area contributed by atoms with E-state index in [1.165, 1.54) is 12.0 Å². The van der Waals surface area contributed by atoms with E-state index in [4.69, 9.17) is 4.74 Å². The fourth-order valence-corrected chi connectivity index (χ4v) is 3.08. The Morgan fingerprint density at radius 2 is 2.09 bits per heavy atom. The van der Waals surface area contributed by atoms with Gasteiger partial charge in [-0.2, -0.15) is 18.3 Å². The van der Waals surface area contributed by atoms with Crippen LogP contribution in [0.2, 0.25) is 0 Å². The number of hydrogen-bond acceptors (Lipinski definition) is 4. The molecule has 23 heavy (non-hydrogen) atoms. The predicted octanol–water partition coefficient (Wildman–Crippen LogP) is 3.58. The third-order valence-electron chi connectivity index (χ3n) is 4.18. The number of carbonyl (C=O) groups excluding carboxylic acids is 1. The van der Waals surface area contributed by atoms with Crippen LogP contribution in [0.1, 0.15) is 24.1 Å². The minimum absolute atomic E-state index is 0.178. The Kier molecular flexibility index (Phi) is 3.62. The molecule has 2 atom stereocenters. The molecule has 3 rings (SSSR count). The zero-order chi connectivity index (χ0) is 16.8. The van der Waals surface area contributed by atoms with Crippen LogP contribution in [-0.2, 0) is 11.3 Å². The number of amides is 1. The zero-order valence-corrected chi connectivity index (χ0v) is 12.5. The summed E-state index contributed by atoms with van der Waals surface area (Å²) in [6.07, 6.45) is -3.69. The average molecular weight is 325 g/mol. The maximum absolute atomic E-state index is 13.3. The van der Waals surface area contributed by atoms with E-state index >= 15 is 0 Å². The van der Waals surface area contributed by atoms with E-state index in [-0.39, 0.29) is 18.3 Å². The van der Waals surface area contributed by atoms with Crippen molar-refractivity contribution in [3.05, 3.63) is 41.2 Å². The van der Waals surface area contributed by atoms with E-state index in [0.29, 0.717) is 5.75 Å². The second kappa shape index (κ2) is 5.36. The molecule has 2 heterocycles. The summed E-state index contributed by atoms with van der Waals surface area (Å²) in [5.41, 5.74) is 1.52. The summed E-state index contributed by atoms with van der Waals surface area (Å²) in [6, 6.07) is 5.07. The summed E-state index contributed by atoms with van der Waals surface area (Å²) in [6.45, 7) is 2.01. The summed E-state index contributed by atoms with van der Waals surface area (Å²) in [7, 11) is 1.51. The molecule has 0 radical (unpaired) electrons. The number of azo groups is 1. The fraction of sp³-hybridized carbons (Fsp3) is 0.400. The zero-order valence-electron chi connectivity index (χ0n) is 12.5. The second-order valence-electron chi connectivity index (χ2n) is 5.41. The average Bonchev–Trinajstić information content (AvgIpc) is 2.83. The van der Waals surface area contributed by atoms with Gasteiger partial charge in [-0.3, -0.25) is 4.79 Å². The normalized spacial score (nSPS) is 23.8. The van der Waals surface area contributed by atoms with Gasteiger partial charge in [0.05, 0.1) is 25.0 Å². The number of alkyl halides is 3. The van der Waals surface area contributed by atoms with Gasteiger partial charge in [0.1, 0.15) is 5.75 Å². The van der Waals surface area contributed by atoms with Gasteiger partial charge in [0.2, 0.25) is 0 Å². The van der Waals surface area contributed by atoms with Crippen molar-refractivity contribution >= 4 is 5.91 Å². The molecule has 0 fully saturated rings. The smallest absolute Gasteiger partial charge is 0.406 e.